The zero-order valence-corrected chi connectivity index (χ0v) is 14.5. The Morgan fingerprint density at radius 1 is 0.800 bits per heavy atom. The number of thiophene rings is 1. The Kier molecular flexibility index (Phi) is 3.18. The van der Waals surface area contributed by atoms with E-state index in [-0.39, 0.29) is 0 Å². The molecule has 0 saturated carbocycles. The van der Waals surface area contributed by atoms with E-state index >= 15 is 0 Å². The molecule has 3 heterocycles. The molecule has 0 bridgehead atoms. The van der Waals surface area contributed by atoms with Gasteiger partial charge in [0.2, 0.25) is 5.95 Å². The van der Waals surface area contributed by atoms with Gasteiger partial charge in [-0.15, -0.1) is 11.3 Å². The van der Waals surface area contributed by atoms with Gasteiger partial charge in [-0.25, -0.2) is 9.97 Å². The fourth-order valence-corrected chi connectivity index (χ4v) is 4.30. The molecule has 0 saturated heterocycles. The van der Waals surface area contributed by atoms with Crippen molar-refractivity contribution >= 4 is 33.1 Å². The molecule has 0 radical (unpaired) electrons. The number of para-hydroxylation sites is 2. The van der Waals surface area contributed by atoms with E-state index in [1.807, 2.05) is 17.4 Å². The van der Waals surface area contributed by atoms with Crippen molar-refractivity contribution < 1.29 is 0 Å². The summed E-state index contributed by atoms with van der Waals surface area (Å²) in [5, 5.41) is 2.45. The van der Waals surface area contributed by atoms with E-state index < -0.39 is 0 Å². The molecule has 2 aromatic carbocycles. The van der Waals surface area contributed by atoms with Crippen LogP contribution in [0.4, 0.5) is 0 Å². The van der Waals surface area contributed by atoms with Gasteiger partial charge in [0.1, 0.15) is 0 Å². The first-order chi connectivity index (χ1) is 12.3. The highest BCUT2D eigenvalue weighted by Crippen LogP contribution is 2.39. The average Bonchev–Trinajstić information content (AvgIpc) is 3.24. The first-order valence-corrected chi connectivity index (χ1v) is 9.01. The van der Waals surface area contributed by atoms with Crippen molar-refractivity contribution in [3.05, 3.63) is 77.9 Å². The third-order valence-corrected chi connectivity index (χ3v) is 5.49. The normalized spacial score (nSPS) is 11.4. The topological polar surface area (TPSA) is 30.7 Å². The molecule has 0 aliphatic carbocycles. The molecule has 120 valence electrons. The van der Waals surface area contributed by atoms with Crippen LogP contribution in [-0.4, -0.2) is 14.5 Å². The molecule has 0 spiro atoms. The van der Waals surface area contributed by atoms with Crippen LogP contribution in [0.5, 0.6) is 0 Å². The van der Waals surface area contributed by atoms with Crippen LogP contribution >= 0.6 is 11.3 Å². The van der Waals surface area contributed by atoms with Gasteiger partial charge in [-0.1, -0.05) is 36.4 Å². The molecular weight excluding hydrogens is 326 g/mol. The quantitative estimate of drug-likeness (QED) is 0.418. The summed E-state index contributed by atoms with van der Waals surface area (Å²) in [4.78, 5) is 11.6. The van der Waals surface area contributed by atoms with Crippen molar-refractivity contribution in [3.63, 3.8) is 0 Å². The minimum atomic E-state index is 0.703. The summed E-state index contributed by atoms with van der Waals surface area (Å²) in [5.41, 5.74) is 3.51. The van der Waals surface area contributed by atoms with Gasteiger partial charge in [0.05, 0.1) is 11.0 Å². The maximum atomic E-state index is 4.52. The second-order valence-electron chi connectivity index (χ2n) is 6.01. The van der Waals surface area contributed by atoms with Crippen molar-refractivity contribution in [1.29, 1.82) is 0 Å². The van der Waals surface area contributed by atoms with Crippen LogP contribution in [0, 0.1) is 6.92 Å². The van der Waals surface area contributed by atoms with Crippen molar-refractivity contribution in [3.8, 4) is 16.4 Å². The van der Waals surface area contributed by atoms with E-state index in [0.29, 0.717) is 5.95 Å². The zero-order valence-electron chi connectivity index (χ0n) is 13.7. The molecule has 0 fully saturated rings. The predicted molar refractivity (Wildman–Crippen MR) is 104 cm³/mol. The minimum absolute atomic E-state index is 0.703. The molecule has 25 heavy (non-hydrogen) atoms. The van der Waals surface area contributed by atoms with Gasteiger partial charge in [0.15, 0.2) is 0 Å². The Hall–Kier alpha value is -2.98. The van der Waals surface area contributed by atoms with Gasteiger partial charge in [-0.05, 0) is 31.2 Å². The molecule has 5 aromatic rings. The second-order valence-corrected chi connectivity index (χ2v) is 7.30. The lowest BCUT2D eigenvalue weighted by atomic mass is 10.1. The number of hydrogen-bond acceptors (Lipinski definition) is 3. The van der Waals surface area contributed by atoms with E-state index in [1.54, 1.807) is 12.4 Å². The summed E-state index contributed by atoms with van der Waals surface area (Å²) in [6, 6.07) is 21.2. The maximum Gasteiger partial charge on any atom is 0.234 e. The van der Waals surface area contributed by atoms with Crippen molar-refractivity contribution in [2.45, 2.75) is 6.92 Å². The number of fused-ring (bicyclic) bond motifs is 3. The van der Waals surface area contributed by atoms with Gasteiger partial charge >= 0.3 is 0 Å². The molecule has 0 atom stereocenters. The molecule has 5 rings (SSSR count). The summed E-state index contributed by atoms with van der Waals surface area (Å²) in [6.45, 7) is 2.14. The number of nitrogens with zero attached hydrogens (tertiary/aromatic N) is 3. The van der Waals surface area contributed by atoms with Gasteiger partial charge in [0.25, 0.3) is 0 Å². The van der Waals surface area contributed by atoms with Crippen molar-refractivity contribution in [1.82, 2.24) is 14.5 Å². The van der Waals surface area contributed by atoms with Crippen LogP contribution in [0.1, 0.15) is 4.88 Å². The Morgan fingerprint density at radius 3 is 2.40 bits per heavy atom. The number of hydrogen-bond donors (Lipinski definition) is 0. The van der Waals surface area contributed by atoms with Crippen molar-refractivity contribution in [2.75, 3.05) is 0 Å². The lowest BCUT2D eigenvalue weighted by molar-refractivity contribution is 0.989. The Morgan fingerprint density at radius 2 is 1.60 bits per heavy atom. The van der Waals surface area contributed by atoms with Gasteiger partial charge in [-0.3, -0.25) is 4.57 Å². The predicted octanol–water partition coefficient (Wildman–Crippen LogP) is 5.61. The first-order valence-electron chi connectivity index (χ1n) is 8.19. The number of aromatic nitrogens is 3. The van der Waals surface area contributed by atoms with E-state index in [4.69, 9.17) is 0 Å². The average molecular weight is 341 g/mol. The number of rotatable bonds is 2. The standard InChI is InChI=1S/C21H15N3S/c1-14-10-11-19(25-14)17-8-4-7-16-15-6-2-3-9-18(15)24(20(16)17)21-22-12-5-13-23-21/h2-13H,1H3. The summed E-state index contributed by atoms with van der Waals surface area (Å²) >= 11 is 1.82. The maximum absolute atomic E-state index is 4.52. The number of aryl methyl sites for hydroxylation is 1. The monoisotopic (exact) mass is 341 g/mol. The van der Waals surface area contributed by atoms with Crippen LogP contribution in [0.25, 0.3) is 38.2 Å². The number of benzene rings is 2. The Bertz CT molecular complexity index is 1200. The van der Waals surface area contributed by atoms with E-state index in [1.165, 1.54) is 26.1 Å². The highest BCUT2D eigenvalue weighted by atomic mass is 32.1. The molecular formula is C21H15N3S. The summed E-state index contributed by atoms with van der Waals surface area (Å²) < 4.78 is 2.18. The SMILES string of the molecule is Cc1ccc(-c2cccc3c4ccccc4n(-c4ncccn4)c23)s1. The van der Waals surface area contributed by atoms with E-state index in [0.717, 1.165) is 11.0 Å². The third kappa shape index (κ3) is 2.18. The lowest BCUT2D eigenvalue weighted by Crippen LogP contribution is -2.00. The zero-order chi connectivity index (χ0) is 16.8. The minimum Gasteiger partial charge on any atom is -0.277 e. The smallest absolute Gasteiger partial charge is 0.234 e. The second kappa shape index (κ2) is 5.53. The molecule has 0 aliphatic heterocycles. The third-order valence-electron chi connectivity index (χ3n) is 4.45. The van der Waals surface area contributed by atoms with Gasteiger partial charge < -0.3 is 0 Å². The highest BCUT2D eigenvalue weighted by molar-refractivity contribution is 7.15. The summed E-state index contributed by atoms with van der Waals surface area (Å²) in [7, 11) is 0. The van der Waals surface area contributed by atoms with E-state index in [2.05, 4.69) is 76.1 Å². The molecule has 0 amide bonds. The van der Waals surface area contributed by atoms with Crippen LogP contribution in [-0.2, 0) is 0 Å². The molecule has 4 heteroatoms. The summed E-state index contributed by atoms with van der Waals surface area (Å²) in [6.07, 6.45) is 3.59. The van der Waals surface area contributed by atoms with Crippen LogP contribution in [0.3, 0.4) is 0 Å². The Balaban J connectivity index is 1.99. The van der Waals surface area contributed by atoms with Gasteiger partial charge in [0, 0.05) is 38.5 Å². The molecule has 3 nitrogen and oxygen atoms in total. The fraction of sp³-hybridized carbons (Fsp3) is 0.0476. The Labute approximate surface area is 149 Å². The summed E-state index contributed by atoms with van der Waals surface area (Å²) in [5.74, 6) is 0.703. The molecule has 0 N–H and O–H groups in total. The molecule has 3 aromatic heterocycles. The molecule has 0 unspecified atom stereocenters. The van der Waals surface area contributed by atoms with Crippen molar-refractivity contribution in [2.24, 2.45) is 0 Å². The van der Waals surface area contributed by atoms with Crippen LogP contribution < -0.4 is 0 Å². The largest absolute Gasteiger partial charge is 0.277 e. The molecule has 0 aliphatic rings. The van der Waals surface area contributed by atoms with E-state index in [9.17, 15) is 0 Å². The first kappa shape index (κ1) is 14.4. The van der Waals surface area contributed by atoms with Gasteiger partial charge in [-0.2, -0.15) is 0 Å². The van der Waals surface area contributed by atoms with Crippen LogP contribution in [0.2, 0.25) is 0 Å². The highest BCUT2D eigenvalue weighted by Gasteiger charge is 2.17. The fourth-order valence-electron chi connectivity index (χ4n) is 3.41. The lowest BCUT2D eigenvalue weighted by Gasteiger charge is -2.08. The van der Waals surface area contributed by atoms with Crippen LogP contribution in [0.15, 0.2) is 73.1 Å².